The Kier molecular flexibility index (Phi) is 5.24. The van der Waals surface area contributed by atoms with Crippen molar-refractivity contribution in [3.63, 3.8) is 0 Å². The number of rotatable bonds is 4. The molecule has 0 saturated carbocycles. The van der Waals surface area contributed by atoms with Gasteiger partial charge >= 0.3 is 6.09 Å². The molecule has 132 valence electrons. The first-order valence-electron chi connectivity index (χ1n) is 8.43. The van der Waals surface area contributed by atoms with Crippen LogP contribution >= 0.6 is 0 Å². The van der Waals surface area contributed by atoms with E-state index in [9.17, 15) is 9.90 Å². The van der Waals surface area contributed by atoms with E-state index in [1.54, 1.807) is 12.0 Å². The molecule has 2 aromatic rings. The standard InChI is InChI=1S/C20H23NO4/c1-24-18-9-7-17(8-10-18)20(23)11-13-21(14-12-20)19(22)25-15-16-5-3-2-4-6-16/h2-10,23H,11-15H2,1H3. The predicted octanol–water partition coefficient (Wildman–Crippen LogP) is 3.32. The van der Waals surface area contributed by atoms with Gasteiger partial charge in [0.25, 0.3) is 0 Å². The van der Waals surface area contributed by atoms with Crippen molar-refractivity contribution in [2.45, 2.75) is 25.0 Å². The second-order valence-corrected chi connectivity index (χ2v) is 6.29. The van der Waals surface area contributed by atoms with Crippen LogP contribution in [0.5, 0.6) is 5.75 Å². The second-order valence-electron chi connectivity index (χ2n) is 6.29. The van der Waals surface area contributed by atoms with Crippen LogP contribution in [0.15, 0.2) is 54.6 Å². The fourth-order valence-corrected chi connectivity index (χ4v) is 3.06. The van der Waals surface area contributed by atoms with Crippen molar-refractivity contribution in [3.05, 3.63) is 65.7 Å². The van der Waals surface area contributed by atoms with Gasteiger partial charge in [0.05, 0.1) is 12.7 Å². The summed E-state index contributed by atoms with van der Waals surface area (Å²) in [4.78, 5) is 13.9. The molecular formula is C20H23NO4. The number of nitrogens with zero attached hydrogens (tertiary/aromatic N) is 1. The highest BCUT2D eigenvalue weighted by Crippen LogP contribution is 2.33. The highest BCUT2D eigenvalue weighted by molar-refractivity contribution is 5.67. The van der Waals surface area contributed by atoms with E-state index in [2.05, 4.69) is 0 Å². The van der Waals surface area contributed by atoms with Gasteiger partial charge in [-0.15, -0.1) is 0 Å². The molecule has 1 saturated heterocycles. The van der Waals surface area contributed by atoms with Gasteiger partial charge < -0.3 is 19.5 Å². The molecule has 0 spiro atoms. The normalized spacial score (nSPS) is 16.3. The molecular weight excluding hydrogens is 318 g/mol. The number of piperidine rings is 1. The van der Waals surface area contributed by atoms with E-state index in [0.29, 0.717) is 25.9 Å². The number of methoxy groups -OCH3 is 1. The van der Waals surface area contributed by atoms with Crippen LogP contribution in [0, 0.1) is 0 Å². The maximum absolute atomic E-state index is 12.2. The van der Waals surface area contributed by atoms with Crippen molar-refractivity contribution in [2.75, 3.05) is 20.2 Å². The number of ether oxygens (including phenoxy) is 2. The summed E-state index contributed by atoms with van der Waals surface area (Å²) in [5, 5.41) is 10.9. The average Bonchev–Trinajstić information content (AvgIpc) is 2.67. The molecule has 2 aromatic carbocycles. The second kappa shape index (κ2) is 7.57. The van der Waals surface area contributed by atoms with E-state index in [4.69, 9.17) is 9.47 Å². The predicted molar refractivity (Wildman–Crippen MR) is 94.3 cm³/mol. The van der Waals surface area contributed by atoms with Gasteiger partial charge in [-0.05, 0) is 36.1 Å². The number of hydrogen-bond donors (Lipinski definition) is 1. The molecule has 1 fully saturated rings. The van der Waals surface area contributed by atoms with Gasteiger partial charge in [0, 0.05) is 13.1 Å². The number of amides is 1. The Morgan fingerprint density at radius 2 is 1.72 bits per heavy atom. The van der Waals surface area contributed by atoms with E-state index in [1.165, 1.54) is 0 Å². The molecule has 3 rings (SSSR count). The lowest BCUT2D eigenvalue weighted by Crippen LogP contribution is -2.45. The van der Waals surface area contributed by atoms with Gasteiger partial charge in [0.2, 0.25) is 0 Å². The summed E-state index contributed by atoms with van der Waals surface area (Å²) in [5.41, 5.74) is 0.899. The quantitative estimate of drug-likeness (QED) is 0.927. The summed E-state index contributed by atoms with van der Waals surface area (Å²) in [5.74, 6) is 0.759. The first kappa shape index (κ1) is 17.3. The number of aliphatic hydroxyl groups is 1. The van der Waals surface area contributed by atoms with E-state index < -0.39 is 5.60 Å². The number of hydrogen-bond acceptors (Lipinski definition) is 4. The average molecular weight is 341 g/mol. The largest absolute Gasteiger partial charge is 0.497 e. The summed E-state index contributed by atoms with van der Waals surface area (Å²) < 4.78 is 10.5. The lowest BCUT2D eigenvalue weighted by molar-refractivity contribution is -0.0255. The Morgan fingerprint density at radius 1 is 1.08 bits per heavy atom. The number of carbonyl (C=O) groups excluding carboxylic acids is 1. The minimum absolute atomic E-state index is 0.263. The van der Waals surface area contributed by atoms with Crippen LogP contribution in [-0.2, 0) is 16.9 Å². The van der Waals surface area contributed by atoms with Crippen LogP contribution < -0.4 is 4.74 Å². The maximum atomic E-state index is 12.2. The third kappa shape index (κ3) is 4.12. The van der Waals surface area contributed by atoms with Crippen molar-refractivity contribution >= 4 is 6.09 Å². The van der Waals surface area contributed by atoms with Crippen molar-refractivity contribution in [3.8, 4) is 5.75 Å². The van der Waals surface area contributed by atoms with Gasteiger partial charge in [-0.3, -0.25) is 0 Å². The van der Waals surface area contributed by atoms with Crippen molar-refractivity contribution in [1.82, 2.24) is 4.90 Å². The van der Waals surface area contributed by atoms with Crippen LogP contribution in [0.2, 0.25) is 0 Å². The Labute approximate surface area is 147 Å². The van der Waals surface area contributed by atoms with Crippen molar-refractivity contribution in [2.24, 2.45) is 0 Å². The van der Waals surface area contributed by atoms with E-state index in [1.807, 2.05) is 54.6 Å². The third-order valence-electron chi connectivity index (χ3n) is 4.68. The van der Waals surface area contributed by atoms with E-state index >= 15 is 0 Å². The van der Waals surface area contributed by atoms with Gasteiger partial charge in [0.1, 0.15) is 12.4 Å². The number of benzene rings is 2. The van der Waals surface area contributed by atoms with Gasteiger partial charge in [-0.1, -0.05) is 42.5 Å². The minimum atomic E-state index is -0.914. The van der Waals surface area contributed by atoms with Gasteiger partial charge in [0.15, 0.2) is 0 Å². The van der Waals surface area contributed by atoms with Crippen molar-refractivity contribution < 1.29 is 19.4 Å². The molecule has 0 atom stereocenters. The third-order valence-corrected chi connectivity index (χ3v) is 4.68. The minimum Gasteiger partial charge on any atom is -0.497 e. The monoisotopic (exact) mass is 341 g/mol. The van der Waals surface area contributed by atoms with Crippen LogP contribution in [0.4, 0.5) is 4.79 Å². The lowest BCUT2D eigenvalue weighted by atomic mass is 9.84. The molecule has 0 unspecified atom stereocenters. The molecule has 0 aliphatic carbocycles. The molecule has 0 radical (unpaired) electrons. The van der Waals surface area contributed by atoms with Crippen LogP contribution in [-0.4, -0.2) is 36.3 Å². The molecule has 5 nitrogen and oxygen atoms in total. The zero-order valence-electron chi connectivity index (χ0n) is 14.4. The topological polar surface area (TPSA) is 59.0 Å². The summed E-state index contributed by atoms with van der Waals surface area (Å²) >= 11 is 0. The molecule has 1 N–H and O–H groups in total. The number of likely N-dealkylation sites (tertiary alicyclic amines) is 1. The molecule has 5 heteroatoms. The Hall–Kier alpha value is -2.53. The zero-order valence-corrected chi connectivity index (χ0v) is 14.4. The summed E-state index contributed by atoms with van der Waals surface area (Å²) in [6.07, 6.45) is 0.639. The fraction of sp³-hybridized carbons (Fsp3) is 0.350. The first-order valence-corrected chi connectivity index (χ1v) is 8.43. The Bertz CT molecular complexity index is 691. The molecule has 0 bridgehead atoms. The summed E-state index contributed by atoms with van der Waals surface area (Å²) in [6.45, 7) is 1.20. The number of carbonyl (C=O) groups is 1. The smallest absolute Gasteiger partial charge is 0.410 e. The van der Waals surface area contributed by atoms with E-state index in [-0.39, 0.29) is 12.7 Å². The fourth-order valence-electron chi connectivity index (χ4n) is 3.06. The van der Waals surface area contributed by atoms with Gasteiger partial charge in [-0.2, -0.15) is 0 Å². The van der Waals surface area contributed by atoms with Gasteiger partial charge in [-0.25, -0.2) is 4.79 Å². The molecule has 1 amide bonds. The van der Waals surface area contributed by atoms with Crippen molar-refractivity contribution in [1.29, 1.82) is 0 Å². The molecule has 1 aliphatic rings. The lowest BCUT2D eigenvalue weighted by Gasteiger charge is -2.38. The van der Waals surface area contributed by atoms with E-state index in [0.717, 1.165) is 16.9 Å². The Balaban J connectivity index is 1.54. The van der Waals surface area contributed by atoms with Crippen LogP contribution in [0.3, 0.4) is 0 Å². The highest BCUT2D eigenvalue weighted by atomic mass is 16.6. The highest BCUT2D eigenvalue weighted by Gasteiger charge is 2.35. The maximum Gasteiger partial charge on any atom is 0.410 e. The molecule has 25 heavy (non-hydrogen) atoms. The molecule has 1 heterocycles. The Morgan fingerprint density at radius 3 is 2.32 bits per heavy atom. The SMILES string of the molecule is COc1ccc(C2(O)CCN(C(=O)OCc3ccccc3)CC2)cc1. The van der Waals surface area contributed by atoms with Crippen LogP contribution in [0.25, 0.3) is 0 Å². The van der Waals surface area contributed by atoms with Crippen LogP contribution in [0.1, 0.15) is 24.0 Å². The first-order chi connectivity index (χ1) is 12.1. The zero-order chi connectivity index (χ0) is 17.7. The summed E-state index contributed by atoms with van der Waals surface area (Å²) in [6, 6.07) is 17.0. The summed E-state index contributed by atoms with van der Waals surface area (Å²) in [7, 11) is 1.61. The molecule has 1 aliphatic heterocycles. The molecule has 0 aromatic heterocycles.